The number of hydrogen-bond acceptors (Lipinski definition) is 4. The van der Waals surface area contributed by atoms with E-state index in [1.807, 2.05) is 5.48 Å². The van der Waals surface area contributed by atoms with Gasteiger partial charge in [0.05, 0.1) is 7.05 Å². The molecule has 0 spiro atoms. The molecule has 0 atom stereocenters. The summed E-state index contributed by atoms with van der Waals surface area (Å²) in [5.74, 6) is -1.47. The van der Waals surface area contributed by atoms with Crippen molar-refractivity contribution in [3.63, 3.8) is 0 Å². The number of amides is 1. The average Bonchev–Trinajstić information content (AvgIpc) is 2.95. The van der Waals surface area contributed by atoms with Gasteiger partial charge < -0.3 is 4.84 Å². The van der Waals surface area contributed by atoms with Crippen LogP contribution in [0.5, 0.6) is 0 Å². The van der Waals surface area contributed by atoms with Gasteiger partial charge in [0.1, 0.15) is 0 Å². The van der Waals surface area contributed by atoms with Crippen LogP contribution in [0.2, 0.25) is 0 Å². The Morgan fingerprint density at radius 3 is 2.69 bits per heavy atom. The molecule has 0 aliphatic rings. The molecular weight excluding hydrogens is 351 g/mol. The van der Waals surface area contributed by atoms with Crippen LogP contribution in [0.4, 0.5) is 13.2 Å². The van der Waals surface area contributed by atoms with E-state index in [0.29, 0.717) is 16.7 Å². The Bertz CT molecular complexity index is 814. The molecule has 2 rings (SSSR count). The highest BCUT2D eigenvalue weighted by atomic mass is 19.4. The molecule has 1 aromatic heterocycles. The van der Waals surface area contributed by atoms with Crippen LogP contribution in [0, 0.1) is 6.92 Å². The second-order valence-electron chi connectivity index (χ2n) is 5.49. The van der Waals surface area contributed by atoms with Crippen molar-refractivity contribution in [2.75, 3.05) is 12.5 Å². The molecule has 0 bridgehead atoms. The standard InChI is InChI=1S/C16H18F3N5O2/c1-11-8-12(5-7-14(26-20-2)16(17,18)19)4-6-13(11)15(25)22-24-9-21-23(3)10-24/h4,6-10,20H,5H2,1-3H3/p+1/b14-7-. The normalized spacial score (nSPS) is 12.2. The summed E-state index contributed by atoms with van der Waals surface area (Å²) < 4.78 is 41.2. The first-order chi connectivity index (χ1) is 12.2. The van der Waals surface area contributed by atoms with Gasteiger partial charge in [0, 0.05) is 17.7 Å². The number of aromatic nitrogens is 3. The summed E-state index contributed by atoms with van der Waals surface area (Å²) in [6.45, 7) is 1.71. The Labute approximate surface area is 148 Å². The van der Waals surface area contributed by atoms with Gasteiger partial charge in [-0.3, -0.25) is 4.79 Å². The number of aryl methyl sites for hydroxylation is 2. The second kappa shape index (κ2) is 8.00. The summed E-state index contributed by atoms with van der Waals surface area (Å²) in [5, 5.41) is 3.93. The zero-order valence-corrected chi connectivity index (χ0v) is 14.5. The van der Waals surface area contributed by atoms with Crippen LogP contribution in [0.25, 0.3) is 0 Å². The Morgan fingerprint density at radius 1 is 1.42 bits per heavy atom. The number of hydrogen-bond donors (Lipinski definition) is 2. The molecule has 1 aromatic carbocycles. The number of alkyl halides is 3. The lowest BCUT2D eigenvalue weighted by Gasteiger charge is -2.12. The zero-order valence-electron chi connectivity index (χ0n) is 14.5. The molecule has 1 amide bonds. The fourth-order valence-electron chi connectivity index (χ4n) is 2.26. The summed E-state index contributed by atoms with van der Waals surface area (Å²) in [4.78, 5) is 16.7. The van der Waals surface area contributed by atoms with Crippen LogP contribution in [-0.4, -0.2) is 28.9 Å². The van der Waals surface area contributed by atoms with E-state index in [1.54, 1.807) is 38.5 Å². The fourth-order valence-corrected chi connectivity index (χ4v) is 2.26. The topological polar surface area (TPSA) is 72.1 Å². The number of hydroxylamine groups is 1. The Hall–Kier alpha value is -2.88. The predicted molar refractivity (Wildman–Crippen MR) is 86.3 cm³/mol. The van der Waals surface area contributed by atoms with E-state index in [0.717, 1.165) is 6.08 Å². The van der Waals surface area contributed by atoms with Crippen LogP contribution in [0.3, 0.4) is 0 Å². The molecule has 0 unspecified atom stereocenters. The van der Waals surface area contributed by atoms with Crippen molar-refractivity contribution in [1.82, 2.24) is 15.3 Å². The Balaban J connectivity index is 2.12. The highest BCUT2D eigenvalue weighted by Crippen LogP contribution is 2.26. The maximum atomic E-state index is 12.8. The lowest BCUT2D eigenvalue weighted by atomic mass is 10.0. The van der Waals surface area contributed by atoms with Gasteiger partial charge in [0.25, 0.3) is 12.2 Å². The van der Waals surface area contributed by atoms with E-state index in [-0.39, 0.29) is 12.3 Å². The number of carbonyl (C=O) groups is 1. The first-order valence-corrected chi connectivity index (χ1v) is 7.62. The van der Waals surface area contributed by atoms with Crippen molar-refractivity contribution >= 4 is 5.91 Å². The number of benzene rings is 1. The first kappa shape index (κ1) is 19.4. The molecule has 140 valence electrons. The van der Waals surface area contributed by atoms with E-state index < -0.39 is 11.9 Å². The molecule has 10 heteroatoms. The number of carbonyl (C=O) groups excluding carboxylic acids is 1. The van der Waals surface area contributed by atoms with E-state index in [1.165, 1.54) is 22.7 Å². The zero-order chi connectivity index (χ0) is 19.3. The van der Waals surface area contributed by atoms with Gasteiger partial charge >= 0.3 is 6.18 Å². The van der Waals surface area contributed by atoms with Crippen molar-refractivity contribution in [1.29, 1.82) is 0 Å². The molecule has 0 aliphatic carbocycles. The summed E-state index contributed by atoms with van der Waals surface area (Å²) >= 11 is 0. The first-order valence-electron chi connectivity index (χ1n) is 7.62. The van der Waals surface area contributed by atoms with Crippen molar-refractivity contribution in [3.05, 3.63) is 59.4 Å². The third-order valence-corrected chi connectivity index (χ3v) is 3.43. The quantitative estimate of drug-likeness (QED) is 0.460. The van der Waals surface area contributed by atoms with Crippen LogP contribution in [0.15, 0.2) is 42.7 Å². The minimum atomic E-state index is -4.58. The van der Waals surface area contributed by atoms with Crippen LogP contribution in [-0.2, 0) is 18.3 Å². The van der Waals surface area contributed by atoms with Gasteiger partial charge in [0.2, 0.25) is 12.1 Å². The molecular formula is C16H19F3N5O2+. The summed E-state index contributed by atoms with van der Waals surface area (Å²) in [5.41, 5.74) is 6.33. The summed E-state index contributed by atoms with van der Waals surface area (Å²) in [6, 6.07) is 4.82. The minimum Gasteiger partial charge on any atom is -0.404 e. The number of rotatable bonds is 6. The molecule has 0 saturated carbocycles. The highest BCUT2D eigenvalue weighted by molar-refractivity contribution is 6.00. The third-order valence-electron chi connectivity index (χ3n) is 3.43. The molecule has 2 N–H and O–H groups in total. The lowest BCUT2D eigenvalue weighted by Crippen LogP contribution is -2.46. The van der Waals surface area contributed by atoms with Gasteiger partial charge in [-0.2, -0.15) is 18.7 Å². The average molecular weight is 370 g/mol. The Morgan fingerprint density at radius 2 is 2.15 bits per heavy atom. The van der Waals surface area contributed by atoms with Gasteiger partial charge in [-0.15, -0.1) is 9.36 Å². The molecule has 1 heterocycles. The molecule has 0 radical (unpaired) electrons. The number of nitrogens with one attached hydrogen (secondary N) is 2. The number of nitrogens with zero attached hydrogens (tertiary/aromatic N) is 3. The maximum Gasteiger partial charge on any atom is 0.451 e. The second-order valence-corrected chi connectivity index (χ2v) is 5.49. The van der Waals surface area contributed by atoms with Gasteiger partial charge in [-0.1, -0.05) is 12.1 Å². The molecule has 0 aliphatic heterocycles. The monoisotopic (exact) mass is 370 g/mol. The third kappa shape index (κ3) is 5.06. The van der Waals surface area contributed by atoms with Crippen LogP contribution in [0.1, 0.15) is 21.5 Å². The number of halogens is 3. The van der Waals surface area contributed by atoms with Gasteiger partial charge in [0.15, 0.2) is 0 Å². The minimum absolute atomic E-state index is 0.0105. The van der Waals surface area contributed by atoms with Crippen LogP contribution >= 0.6 is 0 Å². The van der Waals surface area contributed by atoms with Gasteiger partial charge in [-0.25, -0.2) is 5.43 Å². The lowest BCUT2D eigenvalue weighted by molar-refractivity contribution is -0.642. The number of allylic oxidation sites excluding steroid dienone is 2. The van der Waals surface area contributed by atoms with Crippen molar-refractivity contribution in [2.45, 2.75) is 19.5 Å². The smallest absolute Gasteiger partial charge is 0.404 e. The van der Waals surface area contributed by atoms with Crippen molar-refractivity contribution in [2.24, 2.45) is 7.05 Å². The van der Waals surface area contributed by atoms with E-state index in [9.17, 15) is 18.0 Å². The van der Waals surface area contributed by atoms with Crippen molar-refractivity contribution in [3.8, 4) is 0 Å². The predicted octanol–water partition coefficient (Wildman–Crippen LogP) is 1.54. The molecule has 26 heavy (non-hydrogen) atoms. The molecule has 7 nitrogen and oxygen atoms in total. The molecule has 2 aromatic rings. The van der Waals surface area contributed by atoms with E-state index in [4.69, 9.17) is 0 Å². The largest absolute Gasteiger partial charge is 0.451 e. The fraction of sp³-hybridized carbons (Fsp3) is 0.312. The Kier molecular flexibility index (Phi) is 5.98. The summed E-state index contributed by atoms with van der Waals surface area (Å²) in [7, 11) is 2.96. The summed E-state index contributed by atoms with van der Waals surface area (Å²) in [6.07, 6.45) is -0.619. The molecule has 0 saturated heterocycles. The van der Waals surface area contributed by atoms with Crippen molar-refractivity contribution < 1.29 is 27.5 Å². The molecule has 0 fully saturated rings. The van der Waals surface area contributed by atoms with Crippen LogP contribution < -0.4 is 15.6 Å². The maximum absolute atomic E-state index is 12.8. The highest BCUT2D eigenvalue weighted by Gasteiger charge is 2.36. The van der Waals surface area contributed by atoms with Gasteiger partial charge in [-0.05, 0) is 36.6 Å². The van der Waals surface area contributed by atoms with E-state index >= 15 is 0 Å². The van der Waals surface area contributed by atoms with E-state index in [2.05, 4.69) is 15.4 Å². The SMILES string of the molecule is CNO/C(=C\Cc1ccc(C(=O)N[n+]2cnn(C)c2)c(C)c1)C(F)(F)F.